The molecule has 0 aliphatic carbocycles. The Bertz CT molecular complexity index is 804. The normalized spacial score (nSPS) is 14.3. The number of halogens is 1. The highest BCUT2D eigenvalue weighted by Gasteiger charge is 2.20. The predicted molar refractivity (Wildman–Crippen MR) is 131 cm³/mol. The summed E-state index contributed by atoms with van der Waals surface area (Å²) in [4.78, 5) is 21.0. The molecule has 0 atom stereocenters. The molecule has 0 aromatic heterocycles. The van der Waals surface area contributed by atoms with Crippen LogP contribution in [0.15, 0.2) is 59.6 Å². The summed E-state index contributed by atoms with van der Waals surface area (Å²) in [6.07, 6.45) is 1.35. The van der Waals surface area contributed by atoms with Crippen LogP contribution in [0.1, 0.15) is 18.9 Å². The fourth-order valence-corrected chi connectivity index (χ4v) is 3.34. The second-order valence-corrected chi connectivity index (χ2v) is 6.90. The number of anilines is 2. The maximum Gasteiger partial charge on any atom is 0.224 e. The van der Waals surface area contributed by atoms with Crippen LogP contribution in [0.5, 0.6) is 0 Å². The predicted octanol–water partition coefficient (Wildman–Crippen LogP) is 3.33. The van der Waals surface area contributed by atoms with Gasteiger partial charge in [-0.3, -0.25) is 9.79 Å². The van der Waals surface area contributed by atoms with Gasteiger partial charge >= 0.3 is 0 Å². The molecular weight excluding hydrogens is 477 g/mol. The van der Waals surface area contributed by atoms with Gasteiger partial charge in [-0.1, -0.05) is 37.3 Å². The molecule has 0 saturated carbocycles. The van der Waals surface area contributed by atoms with Crippen molar-refractivity contribution in [2.75, 3.05) is 42.9 Å². The summed E-state index contributed by atoms with van der Waals surface area (Å²) >= 11 is 0. The Morgan fingerprint density at radius 3 is 2.48 bits per heavy atom. The maximum atomic E-state index is 12.4. The van der Waals surface area contributed by atoms with Gasteiger partial charge in [0.05, 0.1) is 6.54 Å². The number of amides is 1. The van der Waals surface area contributed by atoms with Crippen LogP contribution in [-0.4, -0.2) is 49.5 Å². The van der Waals surface area contributed by atoms with Gasteiger partial charge in [0, 0.05) is 44.0 Å². The lowest BCUT2D eigenvalue weighted by Gasteiger charge is -2.36. The lowest BCUT2D eigenvalue weighted by molar-refractivity contribution is -0.131. The second-order valence-electron chi connectivity index (χ2n) is 6.90. The number of hydrogen-bond acceptors (Lipinski definition) is 3. The minimum atomic E-state index is 0. The number of carbonyl (C=O) groups is 1. The van der Waals surface area contributed by atoms with Crippen molar-refractivity contribution in [1.29, 1.82) is 0 Å². The Hall–Kier alpha value is -2.29. The van der Waals surface area contributed by atoms with Crippen LogP contribution < -0.4 is 16.0 Å². The molecule has 0 unspecified atom stereocenters. The molecule has 3 rings (SSSR count). The number of aliphatic imine (C=N–C) groups is 1. The fraction of sp³-hybridized carbons (Fsp3) is 0.364. The van der Waals surface area contributed by atoms with Crippen molar-refractivity contribution in [2.24, 2.45) is 10.7 Å². The van der Waals surface area contributed by atoms with E-state index >= 15 is 0 Å². The van der Waals surface area contributed by atoms with Crippen LogP contribution in [0.2, 0.25) is 0 Å². The van der Waals surface area contributed by atoms with Crippen LogP contribution in [0.25, 0.3) is 0 Å². The fourth-order valence-electron chi connectivity index (χ4n) is 3.34. The highest BCUT2D eigenvalue weighted by molar-refractivity contribution is 14.0. The largest absolute Gasteiger partial charge is 0.370 e. The van der Waals surface area contributed by atoms with E-state index in [-0.39, 0.29) is 29.9 Å². The monoisotopic (exact) mass is 507 g/mol. The number of guanidine groups is 1. The number of nitrogens with zero attached hydrogens (tertiary/aromatic N) is 3. The molecule has 1 aliphatic rings. The Balaban J connectivity index is 0.00000300. The second kappa shape index (κ2) is 11.6. The minimum Gasteiger partial charge on any atom is -0.370 e. The molecule has 1 saturated heterocycles. The zero-order chi connectivity index (χ0) is 19.8. The molecule has 1 fully saturated rings. The van der Waals surface area contributed by atoms with E-state index in [1.807, 2.05) is 35.2 Å². The summed E-state index contributed by atoms with van der Waals surface area (Å²) < 4.78 is 0. The third-order valence-electron chi connectivity index (χ3n) is 4.97. The number of nitrogens with two attached hydrogens (primary N) is 1. The first-order valence-electron chi connectivity index (χ1n) is 9.89. The van der Waals surface area contributed by atoms with Gasteiger partial charge in [-0.15, -0.1) is 24.0 Å². The van der Waals surface area contributed by atoms with Crippen molar-refractivity contribution >= 4 is 47.2 Å². The van der Waals surface area contributed by atoms with Gasteiger partial charge in [0.1, 0.15) is 0 Å². The van der Waals surface area contributed by atoms with Gasteiger partial charge in [-0.2, -0.15) is 0 Å². The number of piperazine rings is 1. The highest BCUT2D eigenvalue weighted by Crippen LogP contribution is 2.16. The van der Waals surface area contributed by atoms with Gasteiger partial charge in [0.15, 0.2) is 5.96 Å². The summed E-state index contributed by atoms with van der Waals surface area (Å²) in [7, 11) is 0. The van der Waals surface area contributed by atoms with E-state index in [0.29, 0.717) is 18.9 Å². The molecule has 2 aromatic carbocycles. The highest BCUT2D eigenvalue weighted by atomic mass is 127. The van der Waals surface area contributed by atoms with Crippen LogP contribution in [0.3, 0.4) is 0 Å². The van der Waals surface area contributed by atoms with Crippen LogP contribution >= 0.6 is 24.0 Å². The van der Waals surface area contributed by atoms with Gasteiger partial charge in [0.2, 0.25) is 5.91 Å². The number of carbonyl (C=O) groups excluding carboxylic acids is 1. The number of hydrogen-bond donors (Lipinski definition) is 2. The third-order valence-corrected chi connectivity index (χ3v) is 4.97. The zero-order valence-electron chi connectivity index (χ0n) is 16.9. The molecule has 3 N–H and O–H groups in total. The summed E-state index contributed by atoms with van der Waals surface area (Å²) in [6, 6.07) is 18.4. The van der Waals surface area contributed by atoms with Gasteiger partial charge in [-0.25, -0.2) is 0 Å². The maximum absolute atomic E-state index is 12.4. The van der Waals surface area contributed by atoms with Gasteiger partial charge < -0.3 is 20.9 Å². The number of aryl methyl sites for hydroxylation is 1. The van der Waals surface area contributed by atoms with E-state index in [9.17, 15) is 4.79 Å². The Labute approximate surface area is 190 Å². The summed E-state index contributed by atoms with van der Waals surface area (Å²) in [6.45, 7) is 5.71. The summed E-state index contributed by atoms with van der Waals surface area (Å²) in [5.41, 5.74) is 9.32. The lowest BCUT2D eigenvalue weighted by atomic mass is 10.1. The zero-order valence-corrected chi connectivity index (χ0v) is 19.2. The average molecular weight is 507 g/mol. The van der Waals surface area contributed by atoms with Crippen molar-refractivity contribution in [3.8, 4) is 0 Å². The number of nitrogens with one attached hydrogen (secondary N) is 1. The lowest BCUT2D eigenvalue weighted by Crippen LogP contribution is -2.48. The topological polar surface area (TPSA) is 74.0 Å². The molecule has 0 spiro atoms. The first kappa shape index (κ1) is 23.0. The SMILES string of the molecule is CCc1cccc(NC(N)=NCCC(=O)N2CCN(c3ccccc3)CC2)c1.I. The van der Waals surface area contributed by atoms with Gasteiger partial charge in [-0.05, 0) is 36.2 Å². The van der Waals surface area contributed by atoms with E-state index in [1.165, 1.54) is 11.3 Å². The molecule has 156 valence electrons. The molecule has 1 heterocycles. The molecule has 1 amide bonds. The van der Waals surface area contributed by atoms with Gasteiger partial charge in [0.25, 0.3) is 0 Å². The molecule has 2 aromatic rings. The quantitative estimate of drug-likeness (QED) is 0.358. The third kappa shape index (κ3) is 6.92. The Morgan fingerprint density at radius 1 is 1.07 bits per heavy atom. The van der Waals surface area contributed by atoms with E-state index in [2.05, 4.69) is 46.4 Å². The Kier molecular flexibility index (Phi) is 9.24. The molecule has 7 heteroatoms. The minimum absolute atomic E-state index is 0. The first-order valence-corrected chi connectivity index (χ1v) is 9.89. The van der Waals surface area contributed by atoms with Crippen molar-refractivity contribution in [1.82, 2.24) is 4.90 Å². The Morgan fingerprint density at radius 2 is 1.79 bits per heavy atom. The van der Waals surface area contributed by atoms with Crippen molar-refractivity contribution < 1.29 is 4.79 Å². The van der Waals surface area contributed by atoms with Crippen molar-refractivity contribution in [3.05, 3.63) is 60.2 Å². The van der Waals surface area contributed by atoms with E-state index in [0.717, 1.165) is 38.3 Å². The van der Waals surface area contributed by atoms with Crippen LogP contribution in [0.4, 0.5) is 11.4 Å². The van der Waals surface area contributed by atoms with E-state index < -0.39 is 0 Å². The molecule has 1 aliphatic heterocycles. The average Bonchev–Trinajstić information content (AvgIpc) is 2.74. The molecule has 0 radical (unpaired) electrons. The molecule has 29 heavy (non-hydrogen) atoms. The summed E-state index contributed by atoms with van der Waals surface area (Å²) in [5.74, 6) is 0.479. The first-order chi connectivity index (χ1) is 13.7. The number of rotatable bonds is 6. The summed E-state index contributed by atoms with van der Waals surface area (Å²) in [5, 5.41) is 3.09. The van der Waals surface area contributed by atoms with Crippen molar-refractivity contribution in [3.63, 3.8) is 0 Å². The molecule has 0 bridgehead atoms. The smallest absolute Gasteiger partial charge is 0.224 e. The molecular formula is C22H30IN5O. The number of para-hydroxylation sites is 1. The van der Waals surface area contributed by atoms with Crippen LogP contribution in [0, 0.1) is 0 Å². The van der Waals surface area contributed by atoms with E-state index in [4.69, 9.17) is 5.73 Å². The standard InChI is InChI=1S/C22H29N5O.HI/c1-2-18-7-6-8-19(17-18)25-22(23)24-12-11-21(28)27-15-13-26(14-16-27)20-9-4-3-5-10-20;/h3-10,17H,2,11-16H2,1H3,(H3,23,24,25);1H. The van der Waals surface area contributed by atoms with Crippen LogP contribution in [-0.2, 0) is 11.2 Å². The van der Waals surface area contributed by atoms with E-state index in [1.54, 1.807) is 0 Å². The molecule has 6 nitrogen and oxygen atoms in total. The van der Waals surface area contributed by atoms with Crippen molar-refractivity contribution in [2.45, 2.75) is 19.8 Å². The number of benzene rings is 2.